The lowest BCUT2D eigenvalue weighted by atomic mass is 10.2. The fourth-order valence-electron chi connectivity index (χ4n) is 1.86. The van der Waals surface area contributed by atoms with E-state index in [0.717, 1.165) is 38.5 Å². The Morgan fingerprint density at radius 2 is 1.75 bits per heavy atom. The highest BCUT2D eigenvalue weighted by atomic mass is 127. The van der Waals surface area contributed by atoms with Crippen LogP contribution in [0.1, 0.15) is 6.92 Å². The van der Waals surface area contributed by atoms with Gasteiger partial charge in [-0.3, -0.25) is 0 Å². The lowest BCUT2D eigenvalue weighted by molar-refractivity contribution is 0.340. The third-order valence-electron chi connectivity index (χ3n) is 2.74. The van der Waals surface area contributed by atoms with Crippen LogP contribution in [-0.4, -0.2) is 35.9 Å². The van der Waals surface area contributed by atoms with Crippen LogP contribution in [0.4, 0.5) is 5.69 Å². The molecule has 1 aliphatic heterocycles. The quantitative estimate of drug-likeness (QED) is 0.625. The molecule has 88 valence electrons. The Balaban J connectivity index is 1.98. The van der Waals surface area contributed by atoms with Crippen molar-refractivity contribution >= 4 is 28.6 Å². The number of hydrogen-bond acceptors (Lipinski definition) is 3. The van der Waals surface area contributed by atoms with E-state index in [0.29, 0.717) is 0 Å². The summed E-state index contributed by atoms with van der Waals surface area (Å²) >= 11 is 2.39. The van der Waals surface area contributed by atoms with E-state index in [1.165, 1.54) is 5.69 Å². The van der Waals surface area contributed by atoms with Gasteiger partial charge in [0.2, 0.25) is 0 Å². The summed E-state index contributed by atoms with van der Waals surface area (Å²) < 4.78 is 7.77. The van der Waals surface area contributed by atoms with Gasteiger partial charge in [0, 0.05) is 54.7 Å². The monoisotopic (exact) mass is 332 g/mol. The van der Waals surface area contributed by atoms with Crippen molar-refractivity contribution in [1.82, 2.24) is 3.11 Å². The highest BCUT2D eigenvalue weighted by Gasteiger charge is 2.14. The normalized spacial score (nSPS) is 17.5. The number of nitrogens with zero attached hydrogens (tertiary/aromatic N) is 2. The average Bonchev–Trinajstić information content (AvgIpc) is 2.32. The van der Waals surface area contributed by atoms with E-state index in [4.69, 9.17) is 4.74 Å². The van der Waals surface area contributed by atoms with Gasteiger partial charge < -0.3 is 9.64 Å². The predicted octanol–water partition coefficient (Wildman–Crippen LogP) is 2.56. The number of anilines is 1. The fourth-order valence-corrected chi connectivity index (χ4v) is 2.29. The first kappa shape index (κ1) is 12.0. The summed E-state index contributed by atoms with van der Waals surface area (Å²) in [5, 5.41) is 0. The van der Waals surface area contributed by atoms with Crippen molar-refractivity contribution in [2.24, 2.45) is 0 Å². The molecule has 0 spiro atoms. The van der Waals surface area contributed by atoms with Gasteiger partial charge in [0.05, 0.1) is 6.61 Å². The van der Waals surface area contributed by atoms with Gasteiger partial charge in [-0.05, 0) is 31.2 Å². The molecule has 1 saturated heterocycles. The number of hydrogen-bond donors (Lipinski definition) is 0. The van der Waals surface area contributed by atoms with E-state index >= 15 is 0 Å². The fraction of sp³-hybridized carbons (Fsp3) is 0.500. The molecule has 0 N–H and O–H groups in total. The maximum Gasteiger partial charge on any atom is 0.119 e. The summed E-state index contributed by atoms with van der Waals surface area (Å²) in [4.78, 5) is 2.42. The van der Waals surface area contributed by atoms with Crippen molar-refractivity contribution in [1.29, 1.82) is 0 Å². The van der Waals surface area contributed by atoms with Crippen LogP contribution in [0.25, 0.3) is 0 Å². The van der Waals surface area contributed by atoms with E-state index in [2.05, 4.69) is 55.1 Å². The van der Waals surface area contributed by atoms with Crippen molar-refractivity contribution in [3.05, 3.63) is 24.3 Å². The highest BCUT2D eigenvalue weighted by Crippen LogP contribution is 2.21. The molecule has 1 aromatic rings. The van der Waals surface area contributed by atoms with Gasteiger partial charge in [-0.15, -0.1) is 0 Å². The zero-order valence-corrected chi connectivity index (χ0v) is 11.7. The number of benzene rings is 1. The first-order valence-electron chi connectivity index (χ1n) is 5.68. The second-order valence-corrected chi connectivity index (χ2v) is 5.19. The van der Waals surface area contributed by atoms with Gasteiger partial charge in [0.15, 0.2) is 0 Å². The Bertz CT molecular complexity index is 320. The van der Waals surface area contributed by atoms with Gasteiger partial charge in [0.1, 0.15) is 5.75 Å². The molecule has 0 unspecified atom stereocenters. The number of ether oxygens (including phenoxy) is 1. The third-order valence-corrected chi connectivity index (χ3v) is 3.70. The van der Waals surface area contributed by atoms with Gasteiger partial charge in [-0.1, -0.05) is 0 Å². The smallest absolute Gasteiger partial charge is 0.119 e. The number of rotatable bonds is 3. The number of halogens is 1. The molecule has 1 fully saturated rings. The van der Waals surface area contributed by atoms with E-state index in [9.17, 15) is 0 Å². The molecule has 0 amide bonds. The molecule has 1 aliphatic rings. The summed E-state index contributed by atoms with van der Waals surface area (Å²) in [6.45, 7) is 7.22. The van der Waals surface area contributed by atoms with Crippen molar-refractivity contribution in [2.75, 3.05) is 37.7 Å². The lowest BCUT2D eigenvalue weighted by Crippen LogP contribution is -2.42. The molecule has 4 heteroatoms. The van der Waals surface area contributed by atoms with Crippen LogP contribution >= 0.6 is 22.9 Å². The molecular formula is C12H17IN2O. The molecule has 16 heavy (non-hydrogen) atoms. The van der Waals surface area contributed by atoms with Crippen LogP contribution in [0.3, 0.4) is 0 Å². The average molecular weight is 332 g/mol. The first-order valence-corrected chi connectivity index (χ1v) is 6.64. The first-order chi connectivity index (χ1) is 7.79. The second-order valence-electron chi connectivity index (χ2n) is 3.82. The van der Waals surface area contributed by atoms with Gasteiger partial charge in [-0.2, -0.15) is 0 Å². The Labute approximate surface area is 111 Å². The topological polar surface area (TPSA) is 15.7 Å². The third kappa shape index (κ3) is 3.01. The largest absolute Gasteiger partial charge is 0.494 e. The summed E-state index contributed by atoms with van der Waals surface area (Å²) in [5.41, 5.74) is 1.30. The summed E-state index contributed by atoms with van der Waals surface area (Å²) in [6, 6.07) is 8.40. The molecule has 1 heterocycles. The van der Waals surface area contributed by atoms with Crippen molar-refractivity contribution < 1.29 is 4.74 Å². The van der Waals surface area contributed by atoms with Gasteiger partial charge >= 0.3 is 0 Å². The molecule has 0 atom stereocenters. The summed E-state index contributed by atoms with van der Waals surface area (Å²) in [6.07, 6.45) is 0. The van der Waals surface area contributed by atoms with Gasteiger partial charge in [-0.25, -0.2) is 3.11 Å². The SMILES string of the molecule is CCOc1ccc(N2CCN(I)CC2)cc1. The van der Waals surface area contributed by atoms with Gasteiger partial charge in [0.25, 0.3) is 0 Å². The minimum atomic E-state index is 0.729. The Morgan fingerprint density at radius 1 is 1.12 bits per heavy atom. The van der Waals surface area contributed by atoms with Crippen LogP contribution < -0.4 is 9.64 Å². The van der Waals surface area contributed by atoms with Crippen LogP contribution in [0.15, 0.2) is 24.3 Å². The van der Waals surface area contributed by atoms with Crippen LogP contribution in [0.5, 0.6) is 5.75 Å². The maximum absolute atomic E-state index is 5.44. The molecule has 3 nitrogen and oxygen atoms in total. The lowest BCUT2D eigenvalue weighted by Gasteiger charge is -2.32. The minimum absolute atomic E-state index is 0.729. The highest BCUT2D eigenvalue weighted by molar-refractivity contribution is 14.1. The Kier molecular flexibility index (Phi) is 4.29. The van der Waals surface area contributed by atoms with Crippen molar-refractivity contribution in [2.45, 2.75) is 6.92 Å². The zero-order chi connectivity index (χ0) is 11.4. The van der Waals surface area contributed by atoms with E-state index in [1.54, 1.807) is 0 Å². The predicted molar refractivity (Wildman–Crippen MR) is 75.4 cm³/mol. The van der Waals surface area contributed by atoms with Crippen LogP contribution in [-0.2, 0) is 0 Å². The maximum atomic E-state index is 5.44. The van der Waals surface area contributed by atoms with Crippen molar-refractivity contribution in [3.63, 3.8) is 0 Å². The van der Waals surface area contributed by atoms with E-state index in [1.807, 2.05) is 6.92 Å². The molecule has 0 radical (unpaired) electrons. The van der Waals surface area contributed by atoms with E-state index in [-0.39, 0.29) is 0 Å². The minimum Gasteiger partial charge on any atom is -0.494 e. The number of piperazine rings is 1. The van der Waals surface area contributed by atoms with Crippen LogP contribution in [0.2, 0.25) is 0 Å². The Morgan fingerprint density at radius 3 is 2.31 bits per heavy atom. The molecule has 0 aliphatic carbocycles. The second kappa shape index (κ2) is 5.72. The molecule has 0 bridgehead atoms. The van der Waals surface area contributed by atoms with Crippen LogP contribution in [0, 0.1) is 0 Å². The molecule has 1 aromatic carbocycles. The summed E-state index contributed by atoms with van der Waals surface area (Å²) in [7, 11) is 0. The summed E-state index contributed by atoms with van der Waals surface area (Å²) in [5.74, 6) is 0.957. The Hall–Kier alpha value is -0.490. The zero-order valence-electron chi connectivity index (χ0n) is 9.53. The standard InChI is InChI=1S/C12H17IN2O/c1-2-16-12-5-3-11(4-6-12)14-7-9-15(13)10-8-14/h3-6H,2,7-10H2,1H3. The molecule has 0 aromatic heterocycles. The van der Waals surface area contributed by atoms with Crippen molar-refractivity contribution in [3.8, 4) is 5.75 Å². The molecular weight excluding hydrogens is 315 g/mol. The van der Waals surface area contributed by atoms with E-state index < -0.39 is 0 Å². The molecule has 0 saturated carbocycles. The molecule has 2 rings (SSSR count).